The Hall–Kier alpha value is -3.36. The molecule has 3 heterocycles. The van der Waals surface area contributed by atoms with Gasteiger partial charge in [-0.25, -0.2) is 4.39 Å². The maximum Gasteiger partial charge on any atom is 0.316 e. The first kappa shape index (κ1) is 19.0. The molecule has 2 amide bonds. The van der Waals surface area contributed by atoms with Crippen LogP contribution in [0.15, 0.2) is 24.3 Å². The van der Waals surface area contributed by atoms with E-state index in [1.165, 1.54) is 29.0 Å². The van der Waals surface area contributed by atoms with Crippen molar-refractivity contribution < 1.29 is 28.6 Å². The Morgan fingerprint density at radius 2 is 1.90 bits per heavy atom. The number of ether oxygens (including phenoxy) is 1. The SMILES string of the molecule is COC(=O)C1CN(Cc2ccc(F)cc2)C(=O)c2c(O)c3n(c21)CCN(C)C3=O. The number of hydrogen-bond donors (Lipinski definition) is 1. The third-order valence-corrected chi connectivity index (χ3v) is 5.49. The molecule has 1 aromatic carbocycles. The molecule has 1 N–H and O–H groups in total. The predicted molar refractivity (Wildman–Crippen MR) is 99.0 cm³/mol. The molecule has 1 unspecified atom stereocenters. The number of halogens is 1. The molecule has 0 fully saturated rings. The zero-order valence-electron chi connectivity index (χ0n) is 16.0. The molecule has 8 nitrogen and oxygen atoms in total. The first-order valence-electron chi connectivity index (χ1n) is 9.15. The predicted octanol–water partition coefficient (Wildman–Crippen LogP) is 1.33. The van der Waals surface area contributed by atoms with Crippen molar-refractivity contribution in [2.24, 2.45) is 0 Å². The van der Waals surface area contributed by atoms with Gasteiger partial charge in [-0.1, -0.05) is 12.1 Å². The number of aromatic nitrogens is 1. The molecule has 4 rings (SSSR count). The van der Waals surface area contributed by atoms with E-state index in [2.05, 4.69) is 0 Å². The minimum atomic E-state index is -0.844. The molecule has 0 aliphatic carbocycles. The molecular formula is C20H20FN3O5. The molecule has 0 bridgehead atoms. The van der Waals surface area contributed by atoms with Gasteiger partial charge in [0, 0.05) is 33.2 Å². The van der Waals surface area contributed by atoms with Gasteiger partial charge in [-0.05, 0) is 17.7 Å². The summed E-state index contributed by atoms with van der Waals surface area (Å²) < 4.78 is 19.7. The minimum Gasteiger partial charge on any atom is -0.505 e. The number of hydrogen-bond acceptors (Lipinski definition) is 5. The van der Waals surface area contributed by atoms with Gasteiger partial charge >= 0.3 is 5.97 Å². The number of esters is 1. The number of likely N-dealkylation sites (N-methyl/N-ethyl adjacent to an activating group) is 1. The van der Waals surface area contributed by atoms with Crippen LogP contribution in [-0.4, -0.2) is 64.5 Å². The van der Waals surface area contributed by atoms with Crippen molar-refractivity contribution in [3.05, 3.63) is 52.6 Å². The van der Waals surface area contributed by atoms with Crippen molar-refractivity contribution in [2.45, 2.75) is 19.0 Å². The van der Waals surface area contributed by atoms with Crippen molar-refractivity contribution in [1.29, 1.82) is 0 Å². The monoisotopic (exact) mass is 401 g/mol. The molecule has 9 heteroatoms. The topological polar surface area (TPSA) is 92.1 Å². The second kappa shape index (κ2) is 6.91. The largest absolute Gasteiger partial charge is 0.505 e. The fourth-order valence-electron chi connectivity index (χ4n) is 4.00. The number of aromatic hydroxyl groups is 1. The highest BCUT2D eigenvalue weighted by Gasteiger charge is 2.45. The van der Waals surface area contributed by atoms with Crippen molar-refractivity contribution in [3.63, 3.8) is 0 Å². The molecule has 0 spiro atoms. The lowest BCUT2D eigenvalue weighted by atomic mass is 9.94. The Bertz CT molecular complexity index is 1010. The second-order valence-corrected chi connectivity index (χ2v) is 7.22. The van der Waals surface area contributed by atoms with Gasteiger partial charge in [0.05, 0.1) is 12.8 Å². The molecule has 2 aliphatic rings. The molecule has 29 heavy (non-hydrogen) atoms. The molecule has 1 aromatic heterocycles. The smallest absolute Gasteiger partial charge is 0.316 e. The zero-order chi connectivity index (χ0) is 20.9. The van der Waals surface area contributed by atoms with Crippen molar-refractivity contribution >= 4 is 17.8 Å². The van der Waals surface area contributed by atoms with Crippen LogP contribution < -0.4 is 0 Å². The Kier molecular flexibility index (Phi) is 4.52. The van der Waals surface area contributed by atoms with Crippen molar-refractivity contribution in [3.8, 4) is 5.75 Å². The lowest BCUT2D eigenvalue weighted by Crippen LogP contribution is -2.43. The van der Waals surface area contributed by atoms with E-state index in [1.807, 2.05) is 0 Å². The van der Waals surface area contributed by atoms with Crippen LogP contribution in [0.2, 0.25) is 0 Å². The summed E-state index contributed by atoms with van der Waals surface area (Å²) in [7, 11) is 2.86. The quantitative estimate of drug-likeness (QED) is 0.784. The summed E-state index contributed by atoms with van der Waals surface area (Å²) >= 11 is 0. The third kappa shape index (κ3) is 2.93. The molecule has 2 aliphatic heterocycles. The van der Waals surface area contributed by atoms with Crippen LogP contribution in [-0.2, 0) is 22.6 Å². The molecule has 2 aromatic rings. The van der Waals surface area contributed by atoms with E-state index in [0.717, 1.165) is 0 Å². The summed E-state index contributed by atoms with van der Waals surface area (Å²) in [5.74, 6) is -3.12. The van der Waals surface area contributed by atoms with Crippen LogP contribution in [0, 0.1) is 5.82 Å². The van der Waals surface area contributed by atoms with E-state index in [-0.39, 0.29) is 24.3 Å². The van der Waals surface area contributed by atoms with Crippen LogP contribution in [0.5, 0.6) is 5.75 Å². The maximum absolute atomic E-state index is 13.2. The highest BCUT2D eigenvalue weighted by Crippen LogP contribution is 2.41. The van der Waals surface area contributed by atoms with Gasteiger partial charge in [0.15, 0.2) is 11.4 Å². The van der Waals surface area contributed by atoms with Gasteiger partial charge in [-0.15, -0.1) is 0 Å². The normalized spacial score (nSPS) is 18.5. The Labute approximate surface area is 166 Å². The third-order valence-electron chi connectivity index (χ3n) is 5.49. The average molecular weight is 401 g/mol. The summed E-state index contributed by atoms with van der Waals surface area (Å²) in [5.41, 5.74) is 0.944. The minimum absolute atomic E-state index is 0.00892. The summed E-state index contributed by atoms with van der Waals surface area (Å²) in [6.07, 6.45) is 0. The summed E-state index contributed by atoms with van der Waals surface area (Å²) in [5, 5.41) is 10.8. The highest BCUT2D eigenvalue weighted by molar-refractivity contribution is 6.07. The number of benzene rings is 1. The van der Waals surface area contributed by atoms with Gasteiger partial charge in [0.1, 0.15) is 17.3 Å². The fourth-order valence-corrected chi connectivity index (χ4v) is 4.00. The Morgan fingerprint density at radius 3 is 2.55 bits per heavy atom. The van der Waals surface area contributed by atoms with Crippen molar-refractivity contribution in [2.75, 3.05) is 27.2 Å². The zero-order valence-corrected chi connectivity index (χ0v) is 16.0. The number of carbonyl (C=O) groups is 3. The number of methoxy groups -OCH3 is 1. The standard InChI is InChI=1S/C20H20FN3O5/c1-22-7-8-24-15-13(20(28)29-2)10-23(9-11-3-5-12(21)6-4-11)18(26)14(15)17(25)16(24)19(22)27/h3-6,13,25H,7-10H2,1-2H3. The summed E-state index contributed by atoms with van der Waals surface area (Å²) in [6.45, 7) is 0.912. The van der Waals surface area contributed by atoms with Gasteiger partial charge in [0.25, 0.3) is 11.8 Å². The number of amides is 2. The molecule has 0 radical (unpaired) electrons. The molecule has 152 valence electrons. The van der Waals surface area contributed by atoms with E-state index < -0.39 is 35.3 Å². The summed E-state index contributed by atoms with van der Waals surface area (Å²) in [6, 6.07) is 5.68. The van der Waals surface area contributed by atoms with Gasteiger partial charge in [-0.3, -0.25) is 14.4 Å². The highest BCUT2D eigenvalue weighted by atomic mass is 19.1. The number of rotatable bonds is 3. The van der Waals surface area contributed by atoms with Crippen LogP contribution >= 0.6 is 0 Å². The number of carbonyl (C=O) groups excluding carboxylic acids is 3. The van der Waals surface area contributed by atoms with Gasteiger partial charge < -0.3 is 24.2 Å². The maximum atomic E-state index is 13.2. The van der Waals surface area contributed by atoms with E-state index in [0.29, 0.717) is 24.3 Å². The fraction of sp³-hybridized carbons (Fsp3) is 0.350. The first-order valence-corrected chi connectivity index (χ1v) is 9.15. The number of nitrogens with zero attached hydrogens (tertiary/aromatic N) is 3. The van der Waals surface area contributed by atoms with Gasteiger partial charge in [-0.2, -0.15) is 0 Å². The van der Waals surface area contributed by atoms with Crippen LogP contribution in [0.3, 0.4) is 0 Å². The molecular weight excluding hydrogens is 381 g/mol. The Balaban J connectivity index is 1.81. The lowest BCUT2D eigenvalue weighted by Gasteiger charge is -2.33. The summed E-state index contributed by atoms with van der Waals surface area (Å²) in [4.78, 5) is 41.1. The van der Waals surface area contributed by atoms with E-state index >= 15 is 0 Å². The van der Waals surface area contributed by atoms with Crippen LogP contribution in [0.4, 0.5) is 4.39 Å². The molecule has 0 saturated carbocycles. The van der Waals surface area contributed by atoms with Crippen LogP contribution in [0.1, 0.15) is 38.0 Å². The molecule has 1 atom stereocenters. The average Bonchev–Trinajstić information content (AvgIpc) is 3.01. The van der Waals surface area contributed by atoms with Gasteiger partial charge in [0.2, 0.25) is 0 Å². The Morgan fingerprint density at radius 1 is 1.21 bits per heavy atom. The van der Waals surface area contributed by atoms with E-state index in [1.54, 1.807) is 23.7 Å². The number of fused-ring (bicyclic) bond motifs is 3. The molecule has 0 saturated heterocycles. The van der Waals surface area contributed by atoms with E-state index in [9.17, 15) is 23.9 Å². The van der Waals surface area contributed by atoms with Crippen LogP contribution in [0.25, 0.3) is 0 Å². The first-order chi connectivity index (χ1) is 13.8. The second-order valence-electron chi connectivity index (χ2n) is 7.22. The van der Waals surface area contributed by atoms with Crippen molar-refractivity contribution in [1.82, 2.24) is 14.4 Å². The lowest BCUT2D eigenvalue weighted by molar-refractivity contribution is -0.143. The van der Waals surface area contributed by atoms with E-state index in [4.69, 9.17) is 4.74 Å².